The second-order valence-electron chi connectivity index (χ2n) is 10.2. The first-order valence-electron chi connectivity index (χ1n) is 12.8. The number of fused-ring (bicyclic) bond motifs is 1. The van der Waals surface area contributed by atoms with E-state index in [1.165, 1.54) is 24.3 Å². The number of Topliss-reactive ketones (excluding diaryl/α,β-unsaturated/α-hetero) is 1. The van der Waals surface area contributed by atoms with Crippen LogP contribution in [0.1, 0.15) is 49.2 Å². The average Bonchev–Trinajstić information content (AvgIpc) is 3.11. The van der Waals surface area contributed by atoms with Gasteiger partial charge in [-0.3, -0.25) is 14.4 Å². The second kappa shape index (κ2) is 11.9. The van der Waals surface area contributed by atoms with Gasteiger partial charge in [-0.25, -0.2) is 8.42 Å². The van der Waals surface area contributed by atoms with Crippen molar-refractivity contribution in [2.24, 2.45) is 5.92 Å². The lowest BCUT2D eigenvalue weighted by molar-refractivity contribution is -0.129. The smallest absolute Gasteiger partial charge is 0.287 e. The molecule has 2 amide bonds. The van der Waals surface area contributed by atoms with Gasteiger partial charge in [0.1, 0.15) is 11.6 Å². The molecule has 0 bridgehead atoms. The van der Waals surface area contributed by atoms with Gasteiger partial charge in [-0.1, -0.05) is 43.6 Å². The van der Waals surface area contributed by atoms with Crippen molar-refractivity contribution in [3.05, 3.63) is 64.9 Å². The zero-order valence-corrected chi connectivity index (χ0v) is 23.6. The van der Waals surface area contributed by atoms with Crippen molar-refractivity contribution < 1.29 is 27.2 Å². The highest BCUT2D eigenvalue weighted by atomic mass is 35.5. The number of carbonyl (C=O) groups excluding carboxylic acids is 3. The number of aryl methyl sites for hydroxylation is 1. The molecule has 0 radical (unpaired) electrons. The molecule has 2 heterocycles. The summed E-state index contributed by atoms with van der Waals surface area (Å²) in [4.78, 5) is 39.6. The molecule has 9 nitrogen and oxygen atoms in total. The Morgan fingerprint density at radius 2 is 1.82 bits per heavy atom. The Bertz CT molecular complexity index is 1480. The van der Waals surface area contributed by atoms with Crippen molar-refractivity contribution >= 4 is 50.2 Å². The second-order valence-corrected chi connectivity index (χ2v) is 12.5. The van der Waals surface area contributed by atoms with Crippen LogP contribution < -0.4 is 10.6 Å². The van der Waals surface area contributed by atoms with Crippen LogP contribution in [0.3, 0.4) is 0 Å². The molecule has 0 aliphatic carbocycles. The lowest BCUT2D eigenvalue weighted by atomic mass is 10.0. The van der Waals surface area contributed by atoms with E-state index < -0.39 is 39.7 Å². The maximum atomic E-state index is 13.3. The van der Waals surface area contributed by atoms with Gasteiger partial charge in [-0.2, -0.15) is 4.31 Å². The van der Waals surface area contributed by atoms with Crippen molar-refractivity contribution in [3.63, 3.8) is 0 Å². The number of furan rings is 1. The monoisotopic (exact) mass is 573 g/mol. The normalized spacial score (nSPS) is 17.7. The van der Waals surface area contributed by atoms with Crippen molar-refractivity contribution in [3.8, 4) is 0 Å². The summed E-state index contributed by atoms with van der Waals surface area (Å²) in [5.74, 6) is -1.23. The zero-order chi connectivity index (χ0) is 28.3. The lowest BCUT2D eigenvalue weighted by Gasteiger charge is -2.23. The predicted octanol–water partition coefficient (Wildman–Crippen LogP) is 4.08. The number of hydrogen-bond acceptors (Lipinski definition) is 6. The Hall–Kier alpha value is -3.21. The van der Waals surface area contributed by atoms with Crippen LogP contribution in [0.4, 0.5) is 0 Å². The molecule has 1 aromatic heterocycles. The van der Waals surface area contributed by atoms with E-state index in [1.807, 2.05) is 32.0 Å². The summed E-state index contributed by atoms with van der Waals surface area (Å²) >= 11 is 5.88. The standard InChI is InChI=1S/C28H32ClN3O6S/c1-17(2)15-23(31-28(35)26-18(3)21-7-4-5-9-25(21)38-26)27(34)30-22-8-6-14-32(16-24(22)33)39(36,37)20-12-10-19(29)11-13-20/h4-5,7,9-13,17,22-23H,6,8,14-16H2,1-3H3,(H,30,34)(H,31,35)/t22-,23-/m0/s1. The minimum atomic E-state index is -3.91. The van der Waals surface area contributed by atoms with Gasteiger partial charge in [-0.15, -0.1) is 0 Å². The Morgan fingerprint density at radius 1 is 1.13 bits per heavy atom. The number of nitrogens with one attached hydrogen (secondary N) is 2. The van der Waals surface area contributed by atoms with E-state index in [0.717, 1.165) is 9.69 Å². The highest BCUT2D eigenvalue weighted by Crippen LogP contribution is 2.25. The largest absolute Gasteiger partial charge is 0.451 e. The van der Waals surface area contributed by atoms with Crippen LogP contribution in [0.5, 0.6) is 0 Å². The number of hydrogen-bond donors (Lipinski definition) is 2. The summed E-state index contributed by atoms with van der Waals surface area (Å²) < 4.78 is 33.1. The molecule has 3 aromatic rings. The molecule has 0 spiro atoms. The van der Waals surface area contributed by atoms with Gasteiger partial charge in [0.25, 0.3) is 5.91 Å². The van der Waals surface area contributed by atoms with E-state index in [4.69, 9.17) is 16.0 Å². The first kappa shape index (κ1) is 28.8. The fraction of sp³-hybridized carbons (Fsp3) is 0.393. The molecule has 2 N–H and O–H groups in total. The van der Waals surface area contributed by atoms with Crippen LogP contribution >= 0.6 is 11.6 Å². The molecule has 2 atom stereocenters. The van der Waals surface area contributed by atoms with E-state index in [0.29, 0.717) is 29.0 Å². The topological polar surface area (TPSA) is 126 Å². The number of amides is 2. The summed E-state index contributed by atoms with van der Waals surface area (Å²) in [5, 5.41) is 6.75. The van der Waals surface area contributed by atoms with E-state index in [9.17, 15) is 22.8 Å². The minimum absolute atomic E-state index is 0.0442. The summed E-state index contributed by atoms with van der Waals surface area (Å²) in [6, 6.07) is 11.3. The van der Waals surface area contributed by atoms with Crippen molar-refractivity contribution in [2.45, 2.75) is 57.0 Å². The molecule has 1 aliphatic heterocycles. The van der Waals surface area contributed by atoms with Gasteiger partial charge in [0.15, 0.2) is 11.5 Å². The SMILES string of the molecule is Cc1c(C(=O)N[C@@H](CC(C)C)C(=O)N[C@H]2CCCN(S(=O)(=O)c3ccc(Cl)cc3)CC2=O)oc2ccccc12. The summed E-state index contributed by atoms with van der Waals surface area (Å²) in [6.07, 6.45) is 1.000. The zero-order valence-electron chi connectivity index (χ0n) is 22.1. The highest BCUT2D eigenvalue weighted by Gasteiger charge is 2.34. The molecule has 0 unspecified atom stereocenters. The fourth-order valence-corrected chi connectivity index (χ4v) is 6.27. The van der Waals surface area contributed by atoms with Crippen LogP contribution in [0.15, 0.2) is 57.8 Å². The molecular weight excluding hydrogens is 542 g/mol. The lowest BCUT2D eigenvalue weighted by Crippen LogP contribution is -2.52. The van der Waals surface area contributed by atoms with E-state index in [2.05, 4.69) is 10.6 Å². The Kier molecular flexibility index (Phi) is 8.78. The van der Waals surface area contributed by atoms with Gasteiger partial charge in [0.05, 0.1) is 17.5 Å². The van der Waals surface area contributed by atoms with Gasteiger partial charge in [0, 0.05) is 22.5 Å². The van der Waals surface area contributed by atoms with Crippen molar-refractivity contribution in [2.75, 3.05) is 13.1 Å². The third kappa shape index (κ3) is 6.51. The third-order valence-electron chi connectivity index (χ3n) is 6.77. The first-order valence-corrected chi connectivity index (χ1v) is 14.7. The summed E-state index contributed by atoms with van der Waals surface area (Å²) in [6.45, 7) is 5.41. The molecule has 208 valence electrons. The predicted molar refractivity (Wildman–Crippen MR) is 148 cm³/mol. The van der Waals surface area contributed by atoms with Crippen LogP contribution in [-0.4, -0.2) is 55.5 Å². The molecule has 11 heteroatoms. The number of benzene rings is 2. The number of halogens is 1. The minimum Gasteiger partial charge on any atom is -0.451 e. The number of carbonyl (C=O) groups is 3. The maximum Gasteiger partial charge on any atom is 0.287 e. The molecular formula is C28H32ClN3O6S. The quantitative estimate of drug-likeness (QED) is 0.418. The van der Waals surface area contributed by atoms with Gasteiger partial charge >= 0.3 is 0 Å². The van der Waals surface area contributed by atoms with Gasteiger partial charge in [0.2, 0.25) is 15.9 Å². The maximum absolute atomic E-state index is 13.3. The Balaban J connectivity index is 1.46. The number of rotatable bonds is 8. The van der Waals surface area contributed by atoms with Gasteiger partial charge in [-0.05, 0) is 62.4 Å². The van der Waals surface area contributed by atoms with Crippen LogP contribution in [0, 0.1) is 12.8 Å². The van der Waals surface area contributed by atoms with Gasteiger partial charge < -0.3 is 15.1 Å². The fourth-order valence-electron chi connectivity index (χ4n) is 4.70. The first-order chi connectivity index (χ1) is 18.5. The number of nitrogens with zero attached hydrogens (tertiary/aromatic N) is 1. The summed E-state index contributed by atoms with van der Waals surface area (Å²) in [5.41, 5.74) is 1.25. The van der Waals surface area contributed by atoms with Crippen molar-refractivity contribution in [1.82, 2.24) is 14.9 Å². The Morgan fingerprint density at radius 3 is 2.49 bits per heavy atom. The van der Waals surface area contributed by atoms with E-state index in [1.54, 1.807) is 13.0 Å². The molecule has 2 aromatic carbocycles. The van der Waals surface area contributed by atoms with Crippen LogP contribution in [0.25, 0.3) is 11.0 Å². The average molecular weight is 574 g/mol. The van der Waals surface area contributed by atoms with E-state index in [-0.39, 0.29) is 36.1 Å². The molecule has 39 heavy (non-hydrogen) atoms. The van der Waals surface area contributed by atoms with E-state index >= 15 is 0 Å². The molecule has 1 fully saturated rings. The highest BCUT2D eigenvalue weighted by molar-refractivity contribution is 7.89. The number of sulfonamides is 1. The Labute approximate surface area is 232 Å². The number of ketones is 1. The van der Waals surface area contributed by atoms with Crippen molar-refractivity contribution in [1.29, 1.82) is 0 Å². The summed E-state index contributed by atoms with van der Waals surface area (Å²) in [7, 11) is -3.91. The molecule has 0 saturated carbocycles. The molecule has 4 rings (SSSR count). The molecule has 1 saturated heterocycles. The third-order valence-corrected chi connectivity index (χ3v) is 8.88. The molecule has 1 aliphatic rings. The number of para-hydroxylation sites is 1. The van der Waals surface area contributed by atoms with Crippen LogP contribution in [0.2, 0.25) is 5.02 Å². The van der Waals surface area contributed by atoms with Crippen LogP contribution in [-0.2, 0) is 19.6 Å².